The Kier molecular flexibility index (Phi) is 8.68. The number of hydrogen-bond donors (Lipinski definition) is 3. The summed E-state index contributed by atoms with van der Waals surface area (Å²) in [4.78, 5) is 14.3. The van der Waals surface area contributed by atoms with E-state index in [2.05, 4.69) is 10.6 Å². The summed E-state index contributed by atoms with van der Waals surface area (Å²) < 4.78 is 6.17. The summed E-state index contributed by atoms with van der Waals surface area (Å²) in [5.41, 5.74) is 2.94. The number of rotatable bonds is 9. The molecule has 3 N–H and O–H groups in total. The fraction of sp³-hybridized carbons (Fsp3) is 0.321. The first-order chi connectivity index (χ1) is 16.7. The summed E-state index contributed by atoms with van der Waals surface area (Å²) >= 11 is 0. The van der Waals surface area contributed by atoms with Gasteiger partial charge < -0.3 is 25.4 Å². The lowest BCUT2D eigenvalue weighted by molar-refractivity contribution is 0.00498. The molecule has 0 bridgehead atoms. The number of benzene rings is 3. The van der Waals surface area contributed by atoms with E-state index in [1.807, 2.05) is 95.9 Å². The minimum atomic E-state index is -0.616. The molecule has 1 heterocycles. The second kappa shape index (κ2) is 12.3. The van der Waals surface area contributed by atoms with Gasteiger partial charge in [0.05, 0.1) is 12.7 Å². The zero-order valence-corrected chi connectivity index (χ0v) is 19.3. The van der Waals surface area contributed by atoms with Crippen molar-refractivity contribution in [2.24, 2.45) is 0 Å². The standard InChI is InChI=1S/C28H33N3O3/c32-26(21-34-27(22-10-4-1-5-11-22)23-12-6-2-7-13-23)20-29-24-16-18-31(19-17-24)28(33)30-25-14-8-3-9-15-25/h1-15,24,26-27,29,32H,16-21H2,(H,30,33). The van der Waals surface area contributed by atoms with Gasteiger partial charge in [0.15, 0.2) is 0 Å². The van der Waals surface area contributed by atoms with Gasteiger partial charge in [0.1, 0.15) is 6.10 Å². The quantitative estimate of drug-likeness (QED) is 0.442. The molecule has 1 unspecified atom stereocenters. The highest BCUT2D eigenvalue weighted by Gasteiger charge is 2.23. The van der Waals surface area contributed by atoms with E-state index in [1.54, 1.807) is 0 Å². The monoisotopic (exact) mass is 459 g/mol. The highest BCUT2D eigenvalue weighted by Crippen LogP contribution is 2.26. The summed E-state index contributed by atoms with van der Waals surface area (Å²) in [7, 11) is 0. The molecule has 1 aliphatic rings. The Balaban J connectivity index is 1.20. The van der Waals surface area contributed by atoms with E-state index in [4.69, 9.17) is 4.74 Å². The number of piperidine rings is 1. The van der Waals surface area contributed by atoms with E-state index in [-0.39, 0.29) is 24.8 Å². The Hall–Kier alpha value is -3.19. The third-order valence-corrected chi connectivity index (χ3v) is 6.11. The molecule has 0 radical (unpaired) electrons. The van der Waals surface area contributed by atoms with Gasteiger partial charge in [0.25, 0.3) is 0 Å². The molecular formula is C28H33N3O3. The van der Waals surface area contributed by atoms with Crippen LogP contribution in [-0.2, 0) is 4.74 Å². The van der Waals surface area contributed by atoms with Crippen LogP contribution in [0.25, 0.3) is 0 Å². The predicted molar refractivity (Wildman–Crippen MR) is 135 cm³/mol. The van der Waals surface area contributed by atoms with Crippen LogP contribution in [0.2, 0.25) is 0 Å². The molecule has 6 heteroatoms. The van der Waals surface area contributed by atoms with Crippen molar-refractivity contribution in [3.63, 3.8) is 0 Å². The summed E-state index contributed by atoms with van der Waals surface area (Å²) in [6.45, 7) is 2.07. The molecule has 0 saturated carbocycles. The first kappa shape index (κ1) is 24.0. The van der Waals surface area contributed by atoms with E-state index < -0.39 is 6.10 Å². The summed E-state index contributed by atoms with van der Waals surface area (Å²) in [5, 5.41) is 17.0. The average Bonchev–Trinajstić information content (AvgIpc) is 2.90. The Labute approximate surface area is 201 Å². The van der Waals surface area contributed by atoms with Crippen LogP contribution in [0.15, 0.2) is 91.0 Å². The fourth-order valence-corrected chi connectivity index (χ4v) is 4.22. The molecule has 0 spiro atoms. The maximum atomic E-state index is 12.5. The molecular weight excluding hydrogens is 426 g/mol. The SMILES string of the molecule is O=C(Nc1ccccc1)N1CCC(NCC(O)COC(c2ccccc2)c2ccccc2)CC1. The molecule has 1 fully saturated rings. The van der Waals surface area contributed by atoms with E-state index in [0.717, 1.165) is 29.7 Å². The Morgan fingerprint density at radius 3 is 1.97 bits per heavy atom. The number of hydrogen-bond acceptors (Lipinski definition) is 4. The Morgan fingerprint density at radius 2 is 1.41 bits per heavy atom. The molecule has 178 valence electrons. The minimum absolute atomic E-state index is 0.0639. The molecule has 34 heavy (non-hydrogen) atoms. The van der Waals surface area contributed by atoms with E-state index in [1.165, 1.54) is 0 Å². The number of urea groups is 1. The molecule has 4 rings (SSSR count). The molecule has 1 atom stereocenters. The van der Waals surface area contributed by atoms with Crippen LogP contribution in [0.4, 0.5) is 10.5 Å². The number of para-hydroxylation sites is 1. The van der Waals surface area contributed by atoms with Crippen molar-refractivity contribution < 1.29 is 14.6 Å². The second-order valence-corrected chi connectivity index (χ2v) is 8.65. The van der Waals surface area contributed by atoms with Gasteiger partial charge in [-0.05, 0) is 36.1 Å². The van der Waals surface area contributed by atoms with Crippen molar-refractivity contribution in [1.29, 1.82) is 0 Å². The third-order valence-electron chi connectivity index (χ3n) is 6.11. The lowest BCUT2D eigenvalue weighted by Gasteiger charge is -2.33. The molecule has 2 amide bonds. The summed E-state index contributed by atoms with van der Waals surface area (Å²) in [6, 6.07) is 29.9. The van der Waals surface area contributed by atoms with Crippen molar-refractivity contribution >= 4 is 11.7 Å². The minimum Gasteiger partial charge on any atom is -0.389 e. The van der Waals surface area contributed by atoms with Crippen LogP contribution in [0.5, 0.6) is 0 Å². The number of carbonyl (C=O) groups excluding carboxylic acids is 1. The van der Waals surface area contributed by atoms with Gasteiger partial charge in [0, 0.05) is 31.4 Å². The first-order valence-electron chi connectivity index (χ1n) is 11.9. The number of aliphatic hydroxyl groups excluding tert-OH is 1. The van der Waals surface area contributed by atoms with Crippen LogP contribution in [0, 0.1) is 0 Å². The van der Waals surface area contributed by atoms with E-state index in [9.17, 15) is 9.90 Å². The molecule has 0 aromatic heterocycles. The fourth-order valence-electron chi connectivity index (χ4n) is 4.22. The first-order valence-corrected chi connectivity index (χ1v) is 11.9. The number of likely N-dealkylation sites (tertiary alicyclic amines) is 1. The van der Waals surface area contributed by atoms with Crippen LogP contribution >= 0.6 is 0 Å². The third kappa shape index (κ3) is 6.90. The molecule has 0 aliphatic carbocycles. The van der Waals surface area contributed by atoms with Crippen molar-refractivity contribution in [1.82, 2.24) is 10.2 Å². The smallest absolute Gasteiger partial charge is 0.321 e. The van der Waals surface area contributed by atoms with E-state index >= 15 is 0 Å². The molecule has 3 aromatic carbocycles. The lowest BCUT2D eigenvalue weighted by Crippen LogP contribution is -2.48. The maximum Gasteiger partial charge on any atom is 0.321 e. The number of anilines is 1. The van der Waals surface area contributed by atoms with Gasteiger partial charge in [-0.15, -0.1) is 0 Å². The zero-order valence-electron chi connectivity index (χ0n) is 19.3. The summed E-state index contributed by atoms with van der Waals surface area (Å²) in [6.07, 6.45) is 0.872. The molecule has 1 saturated heterocycles. The van der Waals surface area contributed by atoms with Gasteiger partial charge in [-0.2, -0.15) is 0 Å². The maximum absolute atomic E-state index is 12.5. The van der Waals surface area contributed by atoms with Crippen molar-refractivity contribution in [3.05, 3.63) is 102 Å². The normalized spacial score (nSPS) is 15.3. The molecule has 1 aliphatic heterocycles. The Bertz CT molecular complexity index is 954. The lowest BCUT2D eigenvalue weighted by atomic mass is 10.0. The number of carbonyl (C=O) groups is 1. The summed E-state index contributed by atoms with van der Waals surface area (Å²) in [5.74, 6) is 0. The van der Waals surface area contributed by atoms with Crippen LogP contribution in [-0.4, -0.2) is 54.4 Å². The average molecular weight is 460 g/mol. The topological polar surface area (TPSA) is 73.8 Å². The number of ether oxygens (including phenoxy) is 1. The van der Waals surface area contributed by atoms with Crippen molar-refractivity contribution in [2.75, 3.05) is 31.6 Å². The zero-order chi connectivity index (χ0) is 23.6. The van der Waals surface area contributed by atoms with E-state index in [0.29, 0.717) is 19.6 Å². The van der Waals surface area contributed by atoms with Crippen LogP contribution in [0.3, 0.4) is 0 Å². The number of amides is 2. The number of nitrogens with zero attached hydrogens (tertiary/aromatic N) is 1. The van der Waals surface area contributed by atoms with Gasteiger partial charge in [-0.25, -0.2) is 4.79 Å². The number of nitrogens with one attached hydrogen (secondary N) is 2. The largest absolute Gasteiger partial charge is 0.389 e. The highest BCUT2D eigenvalue weighted by molar-refractivity contribution is 5.89. The van der Waals surface area contributed by atoms with Gasteiger partial charge in [0.2, 0.25) is 0 Å². The van der Waals surface area contributed by atoms with Gasteiger partial charge in [-0.3, -0.25) is 0 Å². The number of aliphatic hydroxyl groups is 1. The second-order valence-electron chi connectivity index (χ2n) is 8.65. The predicted octanol–water partition coefficient (Wildman–Crippen LogP) is 4.44. The molecule has 3 aromatic rings. The highest BCUT2D eigenvalue weighted by atomic mass is 16.5. The van der Waals surface area contributed by atoms with Gasteiger partial charge >= 0.3 is 6.03 Å². The van der Waals surface area contributed by atoms with Crippen molar-refractivity contribution in [2.45, 2.75) is 31.1 Å². The van der Waals surface area contributed by atoms with Gasteiger partial charge in [-0.1, -0.05) is 78.9 Å². The van der Waals surface area contributed by atoms with Crippen molar-refractivity contribution in [3.8, 4) is 0 Å². The molecule has 6 nitrogen and oxygen atoms in total. The van der Waals surface area contributed by atoms with Crippen LogP contribution in [0.1, 0.15) is 30.1 Å². The Morgan fingerprint density at radius 1 is 0.882 bits per heavy atom. The van der Waals surface area contributed by atoms with Crippen LogP contribution < -0.4 is 10.6 Å².